The summed E-state index contributed by atoms with van der Waals surface area (Å²) in [6, 6.07) is 13.0. The number of halogens is 2. The Bertz CT molecular complexity index is 1040. The van der Waals surface area contributed by atoms with Crippen LogP contribution in [-0.4, -0.2) is 15.2 Å². The zero-order valence-electron chi connectivity index (χ0n) is 12.6. The predicted octanol–water partition coefficient (Wildman–Crippen LogP) is 4.54. The van der Waals surface area contributed by atoms with Crippen molar-refractivity contribution in [1.82, 2.24) is 15.2 Å². The zero-order valence-corrected chi connectivity index (χ0v) is 12.6. The van der Waals surface area contributed by atoms with Gasteiger partial charge in [-0.05, 0) is 37.3 Å². The summed E-state index contributed by atoms with van der Waals surface area (Å²) in [6.45, 7) is 2.00. The van der Waals surface area contributed by atoms with Crippen molar-refractivity contribution in [3.63, 3.8) is 0 Å². The molecule has 4 nitrogen and oxygen atoms in total. The first-order valence-electron chi connectivity index (χ1n) is 7.27. The normalized spacial score (nSPS) is 11.1. The summed E-state index contributed by atoms with van der Waals surface area (Å²) >= 11 is 0. The molecule has 0 unspecified atom stereocenters. The van der Waals surface area contributed by atoms with Crippen LogP contribution in [0.25, 0.3) is 33.9 Å². The van der Waals surface area contributed by atoms with Crippen LogP contribution in [0.1, 0.15) is 5.56 Å². The number of hydrogen-bond donors (Lipinski definition) is 0. The summed E-state index contributed by atoms with van der Waals surface area (Å²) in [4.78, 5) is 4.45. The Hall–Kier alpha value is -3.15. The molecule has 0 N–H and O–H groups in total. The lowest BCUT2D eigenvalue weighted by molar-refractivity contribution is 0.547. The third-order valence-corrected chi connectivity index (χ3v) is 3.67. The van der Waals surface area contributed by atoms with Crippen LogP contribution in [0.2, 0.25) is 0 Å². The fourth-order valence-corrected chi connectivity index (χ4v) is 2.49. The maximum atomic E-state index is 13.8. The van der Waals surface area contributed by atoms with Crippen LogP contribution < -0.4 is 0 Å². The van der Waals surface area contributed by atoms with Gasteiger partial charge in [0.1, 0.15) is 22.9 Å². The van der Waals surface area contributed by atoms with Gasteiger partial charge >= 0.3 is 0 Å². The summed E-state index contributed by atoms with van der Waals surface area (Å²) in [5, 5.41) is 8.58. The molecule has 0 saturated carbocycles. The van der Waals surface area contributed by atoms with Gasteiger partial charge in [-0.1, -0.05) is 23.8 Å². The molecule has 4 aromatic rings. The monoisotopic (exact) mass is 323 g/mol. The molecular weight excluding hydrogens is 312 g/mol. The van der Waals surface area contributed by atoms with Crippen molar-refractivity contribution in [1.29, 1.82) is 0 Å². The molecule has 0 aliphatic rings. The van der Waals surface area contributed by atoms with Crippen molar-refractivity contribution in [2.24, 2.45) is 0 Å². The van der Waals surface area contributed by atoms with Gasteiger partial charge < -0.3 is 4.42 Å². The molecule has 2 aromatic carbocycles. The molecular formula is C18H11F2N3O. The molecule has 118 valence electrons. The van der Waals surface area contributed by atoms with Crippen LogP contribution in [-0.2, 0) is 0 Å². The maximum Gasteiger partial charge on any atom is 0.266 e. The number of aromatic nitrogens is 3. The number of aryl methyl sites for hydroxylation is 1. The Morgan fingerprint density at radius 3 is 2.42 bits per heavy atom. The standard InChI is InChI=1S/C18H11F2N3O/c1-10-5-7-14-11(9-10)6-8-15(21-14)17-22-23-18(24-17)16-12(19)3-2-4-13(16)20/h2-9H,1H3. The summed E-state index contributed by atoms with van der Waals surface area (Å²) in [6.07, 6.45) is 0. The van der Waals surface area contributed by atoms with Crippen LogP contribution in [0.5, 0.6) is 0 Å². The van der Waals surface area contributed by atoms with E-state index in [0.29, 0.717) is 5.69 Å². The molecule has 24 heavy (non-hydrogen) atoms. The van der Waals surface area contributed by atoms with Crippen molar-refractivity contribution < 1.29 is 13.2 Å². The molecule has 2 heterocycles. The van der Waals surface area contributed by atoms with Crippen LogP contribution in [0.4, 0.5) is 8.78 Å². The van der Waals surface area contributed by atoms with Gasteiger partial charge in [0.15, 0.2) is 0 Å². The number of hydrogen-bond acceptors (Lipinski definition) is 4. The highest BCUT2D eigenvalue weighted by Gasteiger charge is 2.18. The number of nitrogens with zero attached hydrogens (tertiary/aromatic N) is 3. The number of pyridine rings is 1. The average Bonchev–Trinajstić information content (AvgIpc) is 3.04. The smallest absolute Gasteiger partial charge is 0.266 e. The van der Waals surface area contributed by atoms with Gasteiger partial charge in [-0.15, -0.1) is 10.2 Å². The topological polar surface area (TPSA) is 51.8 Å². The zero-order chi connectivity index (χ0) is 16.7. The molecule has 6 heteroatoms. The molecule has 0 saturated heterocycles. The van der Waals surface area contributed by atoms with Crippen molar-refractivity contribution in [3.8, 4) is 23.0 Å². The van der Waals surface area contributed by atoms with Gasteiger partial charge in [0.2, 0.25) is 0 Å². The van der Waals surface area contributed by atoms with E-state index in [4.69, 9.17) is 4.42 Å². The SMILES string of the molecule is Cc1ccc2nc(-c3nnc(-c4c(F)cccc4F)o3)ccc2c1. The maximum absolute atomic E-state index is 13.8. The van der Waals surface area contributed by atoms with E-state index in [1.807, 2.05) is 31.2 Å². The lowest BCUT2D eigenvalue weighted by atomic mass is 10.1. The second-order valence-electron chi connectivity index (χ2n) is 5.40. The molecule has 0 aliphatic heterocycles. The second kappa shape index (κ2) is 5.49. The minimum Gasteiger partial charge on any atom is -0.414 e. The minimum atomic E-state index is -0.757. The van der Waals surface area contributed by atoms with E-state index >= 15 is 0 Å². The first-order valence-corrected chi connectivity index (χ1v) is 7.27. The van der Waals surface area contributed by atoms with E-state index < -0.39 is 11.6 Å². The molecule has 2 aromatic heterocycles. The fourth-order valence-electron chi connectivity index (χ4n) is 2.49. The van der Waals surface area contributed by atoms with E-state index in [-0.39, 0.29) is 17.3 Å². The summed E-state index contributed by atoms with van der Waals surface area (Å²) < 4.78 is 33.0. The Kier molecular flexibility index (Phi) is 3.30. The first-order chi connectivity index (χ1) is 11.6. The van der Waals surface area contributed by atoms with Gasteiger partial charge in [-0.25, -0.2) is 13.8 Å². The van der Waals surface area contributed by atoms with Gasteiger partial charge in [0, 0.05) is 5.39 Å². The van der Waals surface area contributed by atoms with Gasteiger partial charge in [-0.3, -0.25) is 0 Å². The van der Waals surface area contributed by atoms with Crippen LogP contribution >= 0.6 is 0 Å². The van der Waals surface area contributed by atoms with Crippen LogP contribution in [0.15, 0.2) is 52.9 Å². The third-order valence-electron chi connectivity index (χ3n) is 3.67. The highest BCUT2D eigenvalue weighted by atomic mass is 19.1. The largest absolute Gasteiger partial charge is 0.414 e. The predicted molar refractivity (Wildman–Crippen MR) is 85.1 cm³/mol. The molecule has 0 fully saturated rings. The van der Waals surface area contributed by atoms with Crippen molar-refractivity contribution in [2.75, 3.05) is 0 Å². The molecule has 0 bridgehead atoms. The summed E-state index contributed by atoms with van der Waals surface area (Å²) in [5.41, 5.74) is 2.01. The van der Waals surface area contributed by atoms with Gasteiger partial charge in [0.25, 0.3) is 11.8 Å². The Morgan fingerprint density at radius 2 is 1.62 bits per heavy atom. The average molecular weight is 323 g/mol. The number of benzene rings is 2. The summed E-state index contributed by atoms with van der Waals surface area (Å²) in [5.74, 6) is -1.62. The molecule has 0 atom stereocenters. The lowest BCUT2D eigenvalue weighted by Crippen LogP contribution is -1.89. The quantitative estimate of drug-likeness (QED) is 0.543. The lowest BCUT2D eigenvalue weighted by Gasteiger charge is -2.01. The summed E-state index contributed by atoms with van der Waals surface area (Å²) in [7, 11) is 0. The van der Waals surface area contributed by atoms with E-state index in [2.05, 4.69) is 15.2 Å². The Morgan fingerprint density at radius 1 is 0.875 bits per heavy atom. The highest BCUT2D eigenvalue weighted by molar-refractivity contribution is 5.81. The number of rotatable bonds is 2. The van der Waals surface area contributed by atoms with Crippen LogP contribution in [0.3, 0.4) is 0 Å². The van der Waals surface area contributed by atoms with Crippen molar-refractivity contribution in [3.05, 3.63) is 65.7 Å². The molecule has 4 rings (SSSR count). The minimum absolute atomic E-state index is 0.107. The van der Waals surface area contributed by atoms with Crippen molar-refractivity contribution >= 4 is 10.9 Å². The molecule has 0 radical (unpaired) electrons. The van der Waals surface area contributed by atoms with Gasteiger partial charge in [-0.2, -0.15) is 0 Å². The number of fused-ring (bicyclic) bond motifs is 1. The van der Waals surface area contributed by atoms with Crippen molar-refractivity contribution in [2.45, 2.75) is 6.92 Å². The van der Waals surface area contributed by atoms with E-state index in [1.54, 1.807) is 6.07 Å². The van der Waals surface area contributed by atoms with E-state index in [1.165, 1.54) is 6.07 Å². The van der Waals surface area contributed by atoms with Crippen LogP contribution in [0, 0.1) is 18.6 Å². The van der Waals surface area contributed by atoms with E-state index in [9.17, 15) is 8.78 Å². The van der Waals surface area contributed by atoms with Gasteiger partial charge in [0.05, 0.1) is 5.52 Å². The third kappa shape index (κ3) is 2.42. The Balaban J connectivity index is 1.79. The first kappa shape index (κ1) is 14.4. The Labute approximate surface area is 135 Å². The molecule has 0 amide bonds. The molecule has 0 spiro atoms. The fraction of sp³-hybridized carbons (Fsp3) is 0.0556. The second-order valence-corrected chi connectivity index (χ2v) is 5.40. The van der Waals surface area contributed by atoms with E-state index in [0.717, 1.165) is 28.6 Å². The highest BCUT2D eigenvalue weighted by Crippen LogP contribution is 2.28. The molecule has 0 aliphatic carbocycles.